The number of rotatable bonds is 4. The lowest BCUT2D eigenvalue weighted by Gasteiger charge is -2.35. The van der Waals surface area contributed by atoms with Crippen molar-refractivity contribution in [2.75, 3.05) is 7.11 Å². The van der Waals surface area contributed by atoms with E-state index >= 15 is 0 Å². The Labute approximate surface area is 185 Å². The predicted molar refractivity (Wildman–Crippen MR) is 111 cm³/mol. The highest BCUT2D eigenvalue weighted by molar-refractivity contribution is 5.89. The average molecular weight is 460 g/mol. The molecule has 0 spiro atoms. The number of benzene rings is 2. The van der Waals surface area contributed by atoms with E-state index in [-0.39, 0.29) is 28.9 Å². The van der Waals surface area contributed by atoms with Crippen molar-refractivity contribution in [3.8, 4) is 34.3 Å². The minimum absolute atomic E-state index is 0.0153. The van der Waals surface area contributed by atoms with Gasteiger partial charge in [-0.05, 0) is 24.3 Å². The molecule has 1 aliphatic heterocycles. The smallest absolute Gasteiger partial charge is 0.337 e. The summed E-state index contributed by atoms with van der Waals surface area (Å²) in [5.41, 5.74) is -0.338. The number of fused-ring (bicyclic) bond motifs is 1. The van der Waals surface area contributed by atoms with Crippen LogP contribution in [0.5, 0.6) is 23.0 Å². The molecule has 1 aromatic heterocycles. The van der Waals surface area contributed by atoms with Gasteiger partial charge >= 0.3 is 5.97 Å². The van der Waals surface area contributed by atoms with Gasteiger partial charge in [0, 0.05) is 24.1 Å². The van der Waals surface area contributed by atoms with E-state index in [0.717, 1.165) is 19.2 Å². The fraction of sp³-hybridized carbons (Fsp3) is 0.273. The Bertz CT molecular complexity index is 1250. The van der Waals surface area contributed by atoms with Gasteiger partial charge in [0.15, 0.2) is 23.0 Å². The lowest BCUT2D eigenvalue weighted by atomic mass is 10.0. The lowest BCUT2D eigenvalue weighted by molar-refractivity contribution is -0.238. The maximum absolute atomic E-state index is 12.6. The molecule has 2 aromatic carbocycles. The lowest BCUT2D eigenvalue weighted by Crippen LogP contribution is -2.52. The highest BCUT2D eigenvalue weighted by atomic mass is 16.7. The standard InChI is InChI=1S/C22H20O11/c1-30-21(29)20-12(25)6-13(26)22(33-20)32-16-8-15-17(19(28)18(16)27)11(24)7-14(31-15)9-2-4-10(23)5-3-9/h2-5,7-8,12-13,20,22-23,25-28H,6H2,1H3. The van der Waals surface area contributed by atoms with Gasteiger partial charge in [0.05, 0.1) is 13.2 Å². The highest BCUT2D eigenvalue weighted by Gasteiger charge is 2.42. The van der Waals surface area contributed by atoms with Crippen LogP contribution in [0.25, 0.3) is 22.3 Å². The molecule has 0 aliphatic carbocycles. The molecule has 174 valence electrons. The number of aliphatic hydroxyl groups excluding tert-OH is 2. The molecule has 0 saturated carbocycles. The van der Waals surface area contributed by atoms with Crippen LogP contribution in [0.1, 0.15) is 6.42 Å². The summed E-state index contributed by atoms with van der Waals surface area (Å²) in [5, 5.41) is 50.1. The molecule has 2 heterocycles. The van der Waals surface area contributed by atoms with Gasteiger partial charge in [-0.25, -0.2) is 4.79 Å². The molecule has 33 heavy (non-hydrogen) atoms. The van der Waals surface area contributed by atoms with Gasteiger partial charge in [-0.1, -0.05) is 0 Å². The summed E-state index contributed by atoms with van der Waals surface area (Å²) in [7, 11) is 1.10. The zero-order chi connectivity index (χ0) is 23.9. The van der Waals surface area contributed by atoms with Crippen molar-refractivity contribution in [1.82, 2.24) is 0 Å². The zero-order valence-electron chi connectivity index (χ0n) is 17.2. The third-order valence-electron chi connectivity index (χ3n) is 5.19. The first-order valence-electron chi connectivity index (χ1n) is 9.78. The third-order valence-corrected chi connectivity index (χ3v) is 5.19. The second-order valence-electron chi connectivity index (χ2n) is 7.40. The Morgan fingerprint density at radius 3 is 2.39 bits per heavy atom. The molecule has 1 saturated heterocycles. The fourth-order valence-electron chi connectivity index (χ4n) is 3.50. The predicted octanol–water partition coefficient (Wildman–Crippen LogP) is 0.965. The van der Waals surface area contributed by atoms with Crippen molar-refractivity contribution in [2.24, 2.45) is 0 Å². The summed E-state index contributed by atoms with van der Waals surface area (Å²) in [6, 6.07) is 8.06. The van der Waals surface area contributed by atoms with Gasteiger partial charge in [0.2, 0.25) is 12.0 Å². The van der Waals surface area contributed by atoms with Crippen molar-refractivity contribution in [3.63, 3.8) is 0 Å². The van der Waals surface area contributed by atoms with Gasteiger partial charge < -0.3 is 44.2 Å². The minimum Gasteiger partial charge on any atom is -0.508 e. The number of hydrogen-bond acceptors (Lipinski definition) is 11. The van der Waals surface area contributed by atoms with Gasteiger partial charge in [-0.2, -0.15) is 0 Å². The molecule has 1 aliphatic rings. The maximum atomic E-state index is 12.6. The summed E-state index contributed by atoms with van der Waals surface area (Å²) in [4.78, 5) is 24.4. The van der Waals surface area contributed by atoms with Crippen LogP contribution >= 0.6 is 0 Å². The number of phenols is 3. The Hall–Kier alpha value is -3.80. The number of aliphatic hydroxyl groups is 2. The van der Waals surface area contributed by atoms with Crippen LogP contribution in [0.15, 0.2) is 45.6 Å². The normalized spacial score (nSPS) is 22.8. The van der Waals surface area contributed by atoms with Crippen LogP contribution < -0.4 is 10.2 Å². The summed E-state index contributed by atoms with van der Waals surface area (Å²) in [5.74, 6) is -2.80. The molecule has 5 N–H and O–H groups in total. The SMILES string of the molecule is COC(=O)C1OC(Oc2cc3oc(-c4ccc(O)cc4)cc(=O)c3c(O)c2O)C(O)CC1O. The Morgan fingerprint density at radius 2 is 1.73 bits per heavy atom. The molecule has 0 radical (unpaired) electrons. The quantitative estimate of drug-likeness (QED) is 0.277. The molecule has 0 bridgehead atoms. The first-order chi connectivity index (χ1) is 15.7. The largest absolute Gasteiger partial charge is 0.508 e. The molecular formula is C22H20O11. The van der Waals surface area contributed by atoms with Crippen molar-refractivity contribution in [2.45, 2.75) is 31.0 Å². The van der Waals surface area contributed by atoms with Crippen LogP contribution in [0.4, 0.5) is 0 Å². The van der Waals surface area contributed by atoms with E-state index in [1.54, 1.807) is 0 Å². The number of ether oxygens (including phenoxy) is 3. The van der Waals surface area contributed by atoms with Crippen LogP contribution in [0.3, 0.4) is 0 Å². The van der Waals surface area contributed by atoms with Crippen molar-refractivity contribution < 1.29 is 49.0 Å². The number of carbonyl (C=O) groups excluding carboxylic acids is 1. The molecule has 0 amide bonds. The monoisotopic (exact) mass is 460 g/mol. The third kappa shape index (κ3) is 4.16. The molecular weight excluding hydrogens is 440 g/mol. The van der Waals surface area contributed by atoms with E-state index < -0.39 is 53.2 Å². The molecule has 4 atom stereocenters. The molecule has 4 rings (SSSR count). The van der Waals surface area contributed by atoms with Crippen molar-refractivity contribution >= 4 is 16.9 Å². The number of carbonyl (C=O) groups is 1. The second kappa shape index (κ2) is 8.62. The number of phenolic OH excluding ortho intramolecular Hbond substituents is 3. The van der Waals surface area contributed by atoms with Gasteiger partial charge in [0.1, 0.15) is 28.6 Å². The van der Waals surface area contributed by atoms with Gasteiger partial charge in [0.25, 0.3) is 0 Å². The zero-order valence-corrected chi connectivity index (χ0v) is 17.2. The minimum atomic E-state index is -1.52. The van der Waals surface area contributed by atoms with Crippen LogP contribution in [-0.4, -0.2) is 63.2 Å². The topological polar surface area (TPSA) is 176 Å². The van der Waals surface area contributed by atoms with E-state index in [4.69, 9.17) is 13.9 Å². The van der Waals surface area contributed by atoms with Crippen LogP contribution in [0, 0.1) is 0 Å². The molecule has 3 aromatic rings. The van der Waals surface area contributed by atoms with E-state index in [9.17, 15) is 35.1 Å². The first kappa shape index (κ1) is 22.4. The summed E-state index contributed by atoms with van der Waals surface area (Å²) < 4.78 is 21.0. The van der Waals surface area contributed by atoms with E-state index in [1.807, 2.05) is 0 Å². The number of hydrogen-bond donors (Lipinski definition) is 5. The number of esters is 1. The van der Waals surface area contributed by atoms with Crippen molar-refractivity contribution in [3.05, 3.63) is 46.6 Å². The van der Waals surface area contributed by atoms with Crippen molar-refractivity contribution in [1.29, 1.82) is 0 Å². The Balaban J connectivity index is 1.73. The van der Waals surface area contributed by atoms with E-state index in [1.165, 1.54) is 24.3 Å². The second-order valence-corrected chi connectivity index (χ2v) is 7.40. The van der Waals surface area contributed by atoms with Crippen LogP contribution in [0.2, 0.25) is 0 Å². The van der Waals surface area contributed by atoms with Gasteiger partial charge in [-0.15, -0.1) is 0 Å². The fourth-order valence-corrected chi connectivity index (χ4v) is 3.50. The first-order valence-corrected chi connectivity index (χ1v) is 9.78. The highest BCUT2D eigenvalue weighted by Crippen LogP contribution is 2.42. The maximum Gasteiger partial charge on any atom is 0.337 e. The van der Waals surface area contributed by atoms with E-state index in [0.29, 0.717) is 5.56 Å². The Morgan fingerprint density at radius 1 is 1.03 bits per heavy atom. The Kier molecular flexibility index (Phi) is 5.85. The molecule has 4 unspecified atom stereocenters. The van der Waals surface area contributed by atoms with Crippen LogP contribution in [-0.2, 0) is 14.3 Å². The summed E-state index contributed by atoms with van der Waals surface area (Å²) in [6.45, 7) is 0. The molecule has 11 nitrogen and oxygen atoms in total. The number of aromatic hydroxyl groups is 3. The summed E-state index contributed by atoms with van der Waals surface area (Å²) >= 11 is 0. The van der Waals surface area contributed by atoms with E-state index in [2.05, 4.69) is 4.74 Å². The average Bonchev–Trinajstić information content (AvgIpc) is 2.78. The molecule has 11 heteroatoms. The summed E-state index contributed by atoms with van der Waals surface area (Å²) in [6.07, 6.45) is -6.00. The number of methoxy groups -OCH3 is 1. The van der Waals surface area contributed by atoms with Gasteiger partial charge in [-0.3, -0.25) is 4.79 Å². The molecule has 1 fully saturated rings.